The summed E-state index contributed by atoms with van der Waals surface area (Å²) in [4.78, 5) is 14.2. The lowest BCUT2D eigenvalue weighted by Crippen LogP contribution is -2.44. The molecule has 0 bridgehead atoms. The van der Waals surface area contributed by atoms with Gasteiger partial charge in [-0.25, -0.2) is 0 Å². The van der Waals surface area contributed by atoms with E-state index in [0.717, 1.165) is 11.1 Å². The molecule has 3 rings (SSSR count). The lowest BCUT2D eigenvalue weighted by molar-refractivity contribution is -0.149. The van der Waals surface area contributed by atoms with Crippen LogP contribution in [0.2, 0.25) is 5.02 Å². The Balaban J connectivity index is 1.94. The van der Waals surface area contributed by atoms with Crippen LogP contribution in [0.15, 0.2) is 48.5 Å². The van der Waals surface area contributed by atoms with Crippen LogP contribution < -0.4 is 0 Å². The van der Waals surface area contributed by atoms with E-state index in [1.54, 1.807) is 0 Å². The summed E-state index contributed by atoms with van der Waals surface area (Å²) >= 11 is 6.06. The number of morpholine rings is 1. The molecule has 0 aromatic heterocycles. The number of ether oxygens (including phenoxy) is 2. The van der Waals surface area contributed by atoms with Gasteiger partial charge in [0.05, 0.1) is 25.8 Å². The van der Waals surface area contributed by atoms with E-state index in [2.05, 4.69) is 36.1 Å². The second-order valence-electron chi connectivity index (χ2n) is 6.47. The number of aryl methyl sites for hydroxylation is 1. The van der Waals surface area contributed by atoms with Crippen LogP contribution in [0.25, 0.3) is 0 Å². The number of rotatable bonds is 5. The molecule has 1 aliphatic heterocycles. The van der Waals surface area contributed by atoms with Crippen molar-refractivity contribution in [3.63, 3.8) is 0 Å². The predicted molar refractivity (Wildman–Crippen MR) is 102 cm³/mol. The summed E-state index contributed by atoms with van der Waals surface area (Å²) < 4.78 is 11.3. The molecule has 1 fully saturated rings. The maximum atomic E-state index is 12.1. The van der Waals surface area contributed by atoms with E-state index >= 15 is 0 Å². The lowest BCUT2D eigenvalue weighted by atomic mass is 9.92. The van der Waals surface area contributed by atoms with E-state index < -0.39 is 0 Å². The molecule has 2 aromatic carbocycles. The van der Waals surface area contributed by atoms with Crippen molar-refractivity contribution in [2.45, 2.75) is 26.0 Å². The third-order valence-corrected chi connectivity index (χ3v) is 4.86. The third-order valence-electron chi connectivity index (χ3n) is 4.61. The van der Waals surface area contributed by atoms with Crippen molar-refractivity contribution in [2.24, 2.45) is 0 Å². The molecule has 0 radical (unpaired) electrons. The summed E-state index contributed by atoms with van der Waals surface area (Å²) in [7, 11) is 0. The highest BCUT2D eigenvalue weighted by Crippen LogP contribution is 2.39. The summed E-state index contributed by atoms with van der Waals surface area (Å²) in [6.07, 6.45) is -0.153. The smallest absolute Gasteiger partial charge is 0.320 e. The maximum absolute atomic E-state index is 12.1. The summed E-state index contributed by atoms with van der Waals surface area (Å²) in [5, 5.41) is 0.689. The van der Waals surface area contributed by atoms with Gasteiger partial charge in [0.2, 0.25) is 0 Å². The first kappa shape index (κ1) is 18.9. The van der Waals surface area contributed by atoms with Gasteiger partial charge >= 0.3 is 5.97 Å². The molecule has 138 valence electrons. The molecule has 1 heterocycles. The molecule has 1 saturated heterocycles. The van der Waals surface area contributed by atoms with E-state index in [1.807, 2.05) is 31.2 Å². The zero-order valence-corrected chi connectivity index (χ0v) is 15.9. The predicted octanol–water partition coefficient (Wildman–Crippen LogP) is 4.33. The number of hydrogen-bond acceptors (Lipinski definition) is 4. The van der Waals surface area contributed by atoms with E-state index in [0.29, 0.717) is 24.8 Å². The standard InChI is InChI=1S/C21H24ClNO3/c1-3-25-19(24)14-23-12-13-26-21(17-6-4-15(2)5-7-17)20(23)16-8-10-18(22)11-9-16/h4-11,20-21H,3,12-14H2,1-2H3. The molecule has 26 heavy (non-hydrogen) atoms. The third kappa shape index (κ3) is 4.44. The number of halogens is 1. The van der Waals surface area contributed by atoms with Crippen molar-refractivity contribution >= 4 is 17.6 Å². The second-order valence-corrected chi connectivity index (χ2v) is 6.91. The van der Waals surface area contributed by atoms with Gasteiger partial charge in [-0.2, -0.15) is 0 Å². The van der Waals surface area contributed by atoms with Crippen molar-refractivity contribution < 1.29 is 14.3 Å². The minimum absolute atomic E-state index is 0.0758. The number of benzene rings is 2. The Morgan fingerprint density at radius 1 is 1.15 bits per heavy atom. The highest BCUT2D eigenvalue weighted by Gasteiger charge is 2.35. The first-order valence-electron chi connectivity index (χ1n) is 8.92. The van der Waals surface area contributed by atoms with E-state index in [9.17, 15) is 4.79 Å². The average Bonchev–Trinajstić information content (AvgIpc) is 2.63. The highest BCUT2D eigenvalue weighted by atomic mass is 35.5. The SMILES string of the molecule is CCOC(=O)CN1CCOC(c2ccc(C)cc2)C1c1ccc(Cl)cc1. The maximum Gasteiger partial charge on any atom is 0.320 e. The van der Waals surface area contributed by atoms with E-state index in [1.165, 1.54) is 5.56 Å². The number of carbonyl (C=O) groups is 1. The Morgan fingerprint density at radius 2 is 1.81 bits per heavy atom. The van der Waals surface area contributed by atoms with Crippen LogP contribution in [-0.2, 0) is 14.3 Å². The van der Waals surface area contributed by atoms with Crippen molar-refractivity contribution in [2.75, 3.05) is 26.3 Å². The zero-order valence-electron chi connectivity index (χ0n) is 15.2. The van der Waals surface area contributed by atoms with Crippen molar-refractivity contribution in [1.29, 1.82) is 0 Å². The number of esters is 1. The minimum Gasteiger partial charge on any atom is -0.465 e. The second kappa shape index (κ2) is 8.67. The average molecular weight is 374 g/mol. The lowest BCUT2D eigenvalue weighted by Gasteiger charge is -2.41. The van der Waals surface area contributed by atoms with Gasteiger partial charge < -0.3 is 9.47 Å². The number of carbonyl (C=O) groups excluding carboxylic acids is 1. The molecule has 1 aliphatic rings. The Bertz CT molecular complexity index is 730. The summed E-state index contributed by atoms with van der Waals surface area (Å²) in [6.45, 7) is 5.76. The van der Waals surface area contributed by atoms with E-state index in [-0.39, 0.29) is 24.7 Å². The van der Waals surface area contributed by atoms with Gasteiger partial charge in [0.25, 0.3) is 0 Å². The van der Waals surface area contributed by atoms with Crippen LogP contribution in [-0.4, -0.2) is 37.2 Å². The zero-order chi connectivity index (χ0) is 18.5. The summed E-state index contributed by atoms with van der Waals surface area (Å²) in [5.41, 5.74) is 3.38. The van der Waals surface area contributed by atoms with Crippen molar-refractivity contribution in [1.82, 2.24) is 4.90 Å². The summed E-state index contributed by atoms with van der Waals surface area (Å²) in [5.74, 6) is -0.212. The largest absolute Gasteiger partial charge is 0.465 e. The first-order valence-corrected chi connectivity index (χ1v) is 9.29. The molecule has 2 atom stereocenters. The molecule has 2 aromatic rings. The van der Waals surface area contributed by atoms with Gasteiger partial charge in [-0.1, -0.05) is 53.6 Å². The van der Waals surface area contributed by atoms with Crippen LogP contribution in [0.5, 0.6) is 0 Å². The normalized spacial score (nSPS) is 20.7. The van der Waals surface area contributed by atoms with Crippen LogP contribution >= 0.6 is 11.6 Å². The number of nitrogens with zero attached hydrogens (tertiary/aromatic N) is 1. The molecule has 4 nitrogen and oxygen atoms in total. The highest BCUT2D eigenvalue weighted by molar-refractivity contribution is 6.30. The molecular weight excluding hydrogens is 350 g/mol. The van der Waals surface area contributed by atoms with Crippen LogP contribution in [0.4, 0.5) is 0 Å². The van der Waals surface area contributed by atoms with Gasteiger partial charge in [-0.15, -0.1) is 0 Å². The van der Waals surface area contributed by atoms with Gasteiger partial charge in [-0.3, -0.25) is 9.69 Å². The van der Waals surface area contributed by atoms with Crippen LogP contribution in [0.1, 0.15) is 35.8 Å². The monoisotopic (exact) mass is 373 g/mol. The quantitative estimate of drug-likeness (QED) is 0.731. The van der Waals surface area contributed by atoms with Crippen molar-refractivity contribution in [3.05, 3.63) is 70.2 Å². The van der Waals surface area contributed by atoms with Gasteiger partial charge in [-0.05, 0) is 37.1 Å². The minimum atomic E-state index is -0.212. The summed E-state index contributed by atoms with van der Waals surface area (Å²) in [6, 6.07) is 16.0. The van der Waals surface area contributed by atoms with Crippen LogP contribution in [0, 0.1) is 6.92 Å². The van der Waals surface area contributed by atoms with Gasteiger partial charge in [0, 0.05) is 11.6 Å². The Morgan fingerprint density at radius 3 is 2.46 bits per heavy atom. The Labute approximate surface area is 159 Å². The van der Waals surface area contributed by atoms with E-state index in [4.69, 9.17) is 21.1 Å². The van der Waals surface area contributed by atoms with Crippen molar-refractivity contribution in [3.8, 4) is 0 Å². The molecule has 0 N–H and O–H groups in total. The molecule has 0 amide bonds. The topological polar surface area (TPSA) is 38.8 Å². The molecular formula is C21H24ClNO3. The molecule has 0 saturated carbocycles. The molecule has 0 spiro atoms. The Hall–Kier alpha value is -1.88. The Kier molecular flexibility index (Phi) is 6.30. The van der Waals surface area contributed by atoms with Gasteiger partial charge in [0.15, 0.2) is 0 Å². The van der Waals surface area contributed by atoms with Gasteiger partial charge in [0.1, 0.15) is 6.10 Å². The first-order chi connectivity index (χ1) is 12.6. The molecule has 0 aliphatic carbocycles. The molecule has 5 heteroatoms. The number of hydrogen-bond donors (Lipinski definition) is 0. The molecule has 2 unspecified atom stereocenters. The fraction of sp³-hybridized carbons (Fsp3) is 0.381. The fourth-order valence-electron chi connectivity index (χ4n) is 3.35. The fourth-order valence-corrected chi connectivity index (χ4v) is 3.47. The van der Waals surface area contributed by atoms with Crippen LogP contribution in [0.3, 0.4) is 0 Å².